The van der Waals surface area contributed by atoms with Crippen LogP contribution in [0.15, 0.2) is 12.3 Å². The predicted molar refractivity (Wildman–Crippen MR) is 91.0 cm³/mol. The van der Waals surface area contributed by atoms with Gasteiger partial charge in [0.15, 0.2) is 11.6 Å². The monoisotopic (exact) mass is 352 g/mol. The SMILES string of the molecule is CC1COCCC1NC(=O)NCc1cnc(N2CCOCC2)c(F)c1. The summed E-state index contributed by atoms with van der Waals surface area (Å²) in [6, 6.07) is 1.28. The van der Waals surface area contributed by atoms with Crippen LogP contribution in [0, 0.1) is 11.7 Å². The van der Waals surface area contributed by atoms with Gasteiger partial charge in [-0.05, 0) is 24.0 Å². The molecule has 2 unspecified atom stereocenters. The Morgan fingerprint density at radius 3 is 2.88 bits per heavy atom. The van der Waals surface area contributed by atoms with E-state index in [2.05, 4.69) is 15.6 Å². The number of rotatable bonds is 4. The summed E-state index contributed by atoms with van der Waals surface area (Å²) >= 11 is 0. The zero-order valence-corrected chi connectivity index (χ0v) is 14.5. The predicted octanol–water partition coefficient (Wildman–Crippen LogP) is 1.28. The summed E-state index contributed by atoms with van der Waals surface area (Å²) in [5, 5.41) is 5.71. The van der Waals surface area contributed by atoms with Crippen LogP contribution in [0.25, 0.3) is 0 Å². The lowest BCUT2D eigenvalue weighted by atomic mass is 9.98. The van der Waals surface area contributed by atoms with E-state index in [0.717, 1.165) is 6.42 Å². The number of anilines is 1. The molecule has 0 spiro atoms. The highest BCUT2D eigenvalue weighted by atomic mass is 19.1. The van der Waals surface area contributed by atoms with Gasteiger partial charge in [0.1, 0.15) is 0 Å². The minimum atomic E-state index is -0.375. The van der Waals surface area contributed by atoms with Crippen molar-refractivity contribution in [2.24, 2.45) is 5.92 Å². The molecule has 138 valence electrons. The summed E-state index contributed by atoms with van der Waals surface area (Å²) in [6.45, 7) is 6.02. The number of nitrogens with zero attached hydrogens (tertiary/aromatic N) is 2. The molecule has 8 heteroatoms. The van der Waals surface area contributed by atoms with E-state index in [1.807, 2.05) is 11.8 Å². The Hall–Kier alpha value is -1.93. The molecule has 2 aliphatic rings. The van der Waals surface area contributed by atoms with Gasteiger partial charge < -0.3 is 25.0 Å². The van der Waals surface area contributed by atoms with Crippen LogP contribution in [0.4, 0.5) is 15.0 Å². The first-order valence-electron chi connectivity index (χ1n) is 8.72. The number of ether oxygens (including phenoxy) is 2. The third-order valence-electron chi connectivity index (χ3n) is 4.60. The van der Waals surface area contributed by atoms with E-state index < -0.39 is 0 Å². The Balaban J connectivity index is 1.50. The van der Waals surface area contributed by atoms with Gasteiger partial charge in [-0.25, -0.2) is 14.2 Å². The number of pyridine rings is 1. The van der Waals surface area contributed by atoms with Crippen molar-refractivity contribution >= 4 is 11.8 Å². The zero-order valence-electron chi connectivity index (χ0n) is 14.5. The van der Waals surface area contributed by atoms with Crippen LogP contribution in [0.3, 0.4) is 0 Å². The number of morpholine rings is 1. The van der Waals surface area contributed by atoms with E-state index in [9.17, 15) is 9.18 Å². The van der Waals surface area contributed by atoms with Crippen molar-refractivity contribution in [1.82, 2.24) is 15.6 Å². The third-order valence-corrected chi connectivity index (χ3v) is 4.60. The Bertz CT molecular complexity index is 595. The standard InChI is InChI=1S/C17H25FN4O3/c1-12-11-25-5-2-15(12)21-17(23)20-10-13-8-14(18)16(19-9-13)22-3-6-24-7-4-22/h8-9,12,15H,2-7,10-11H2,1H3,(H2,20,21,23). The average molecular weight is 352 g/mol. The normalized spacial score (nSPS) is 24.0. The van der Waals surface area contributed by atoms with Gasteiger partial charge in [0.25, 0.3) is 0 Å². The number of amides is 2. The highest BCUT2D eigenvalue weighted by Crippen LogP contribution is 2.18. The molecule has 2 atom stereocenters. The maximum Gasteiger partial charge on any atom is 0.315 e. The molecule has 2 N–H and O–H groups in total. The molecule has 0 saturated carbocycles. The van der Waals surface area contributed by atoms with Gasteiger partial charge >= 0.3 is 6.03 Å². The first-order valence-corrected chi connectivity index (χ1v) is 8.72. The molecule has 25 heavy (non-hydrogen) atoms. The topological polar surface area (TPSA) is 75.7 Å². The van der Waals surface area contributed by atoms with Crippen molar-refractivity contribution in [3.63, 3.8) is 0 Å². The molecular weight excluding hydrogens is 327 g/mol. The van der Waals surface area contributed by atoms with Crippen LogP contribution in [0.2, 0.25) is 0 Å². The third kappa shape index (κ3) is 4.79. The van der Waals surface area contributed by atoms with E-state index in [0.29, 0.717) is 50.9 Å². The Morgan fingerprint density at radius 1 is 1.36 bits per heavy atom. The van der Waals surface area contributed by atoms with Crippen molar-refractivity contribution in [1.29, 1.82) is 0 Å². The van der Waals surface area contributed by atoms with Gasteiger partial charge in [-0.2, -0.15) is 0 Å². The second-order valence-corrected chi connectivity index (χ2v) is 6.52. The largest absolute Gasteiger partial charge is 0.381 e. The number of halogens is 1. The first kappa shape index (κ1) is 17.9. The molecule has 2 aliphatic heterocycles. The minimum Gasteiger partial charge on any atom is -0.381 e. The molecule has 0 bridgehead atoms. The van der Waals surface area contributed by atoms with Gasteiger partial charge in [0.05, 0.1) is 19.8 Å². The number of hydrogen-bond acceptors (Lipinski definition) is 5. The van der Waals surface area contributed by atoms with Crippen LogP contribution in [0.1, 0.15) is 18.9 Å². The van der Waals surface area contributed by atoms with Crippen molar-refractivity contribution in [2.45, 2.75) is 25.9 Å². The number of aromatic nitrogens is 1. The molecule has 2 saturated heterocycles. The van der Waals surface area contributed by atoms with Crippen LogP contribution >= 0.6 is 0 Å². The van der Waals surface area contributed by atoms with Gasteiger partial charge in [-0.1, -0.05) is 6.92 Å². The second-order valence-electron chi connectivity index (χ2n) is 6.52. The zero-order chi connectivity index (χ0) is 17.6. The quantitative estimate of drug-likeness (QED) is 0.854. The lowest BCUT2D eigenvalue weighted by Crippen LogP contribution is -2.48. The molecular formula is C17H25FN4O3. The van der Waals surface area contributed by atoms with Crippen molar-refractivity contribution < 1.29 is 18.7 Å². The number of carbonyl (C=O) groups excluding carboxylic acids is 1. The van der Waals surface area contributed by atoms with E-state index in [-0.39, 0.29) is 30.4 Å². The maximum absolute atomic E-state index is 14.3. The summed E-state index contributed by atoms with van der Waals surface area (Å²) in [4.78, 5) is 18.1. The summed E-state index contributed by atoms with van der Waals surface area (Å²) in [5.74, 6) is 0.249. The maximum atomic E-state index is 14.3. The fourth-order valence-electron chi connectivity index (χ4n) is 3.07. The molecule has 2 amide bonds. The van der Waals surface area contributed by atoms with E-state index in [1.54, 1.807) is 6.20 Å². The van der Waals surface area contributed by atoms with Gasteiger partial charge in [-0.3, -0.25) is 0 Å². The lowest BCUT2D eigenvalue weighted by Gasteiger charge is -2.29. The van der Waals surface area contributed by atoms with Crippen LogP contribution in [-0.4, -0.2) is 56.6 Å². The Labute approximate surface area is 146 Å². The Morgan fingerprint density at radius 2 is 2.16 bits per heavy atom. The fraction of sp³-hybridized carbons (Fsp3) is 0.647. The summed E-state index contributed by atoms with van der Waals surface area (Å²) in [6.07, 6.45) is 2.41. The fourth-order valence-corrected chi connectivity index (χ4v) is 3.07. The number of urea groups is 1. The smallest absolute Gasteiger partial charge is 0.315 e. The molecule has 1 aromatic heterocycles. The van der Waals surface area contributed by atoms with Crippen molar-refractivity contribution in [3.05, 3.63) is 23.6 Å². The second kappa shape index (κ2) is 8.44. The van der Waals surface area contributed by atoms with Crippen molar-refractivity contribution in [3.8, 4) is 0 Å². The van der Waals surface area contributed by atoms with Crippen LogP contribution in [0.5, 0.6) is 0 Å². The van der Waals surface area contributed by atoms with Gasteiger partial charge in [-0.15, -0.1) is 0 Å². The van der Waals surface area contributed by atoms with Crippen LogP contribution < -0.4 is 15.5 Å². The van der Waals surface area contributed by atoms with E-state index in [4.69, 9.17) is 9.47 Å². The number of hydrogen-bond donors (Lipinski definition) is 2. The molecule has 2 fully saturated rings. The lowest BCUT2D eigenvalue weighted by molar-refractivity contribution is 0.0419. The highest BCUT2D eigenvalue weighted by Gasteiger charge is 2.23. The molecule has 7 nitrogen and oxygen atoms in total. The molecule has 0 radical (unpaired) electrons. The van der Waals surface area contributed by atoms with Gasteiger partial charge in [0.2, 0.25) is 0 Å². The minimum absolute atomic E-state index is 0.104. The summed E-state index contributed by atoms with van der Waals surface area (Å²) < 4.78 is 24.9. The summed E-state index contributed by atoms with van der Waals surface area (Å²) in [5.41, 5.74) is 0.629. The molecule has 3 rings (SSSR count). The highest BCUT2D eigenvalue weighted by molar-refractivity contribution is 5.74. The Kier molecular flexibility index (Phi) is 6.04. The molecule has 0 aromatic carbocycles. The molecule has 1 aromatic rings. The summed E-state index contributed by atoms with van der Waals surface area (Å²) in [7, 11) is 0. The number of nitrogens with one attached hydrogen (secondary N) is 2. The molecule has 3 heterocycles. The van der Waals surface area contributed by atoms with Crippen LogP contribution in [-0.2, 0) is 16.0 Å². The average Bonchev–Trinajstić information content (AvgIpc) is 2.63. The molecule has 0 aliphatic carbocycles. The number of carbonyl (C=O) groups is 1. The first-order chi connectivity index (χ1) is 12.1. The van der Waals surface area contributed by atoms with E-state index >= 15 is 0 Å². The van der Waals surface area contributed by atoms with Gasteiger partial charge in [0, 0.05) is 38.5 Å². The van der Waals surface area contributed by atoms with Crippen molar-refractivity contribution in [2.75, 3.05) is 44.4 Å². The van der Waals surface area contributed by atoms with E-state index in [1.165, 1.54) is 6.07 Å².